The third-order valence-corrected chi connectivity index (χ3v) is 1.97. The maximum absolute atomic E-state index is 10.7. The van der Waals surface area contributed by atoms with Gasteiger partial charge in [0, 0.05) is 18.9 Å². The molecule has 0 bridgehead atoms. The Morgan fingerprint density at radius 3 is 3.00 bits per heavy atom. The van der Waals surface area contributed by atoms with Crippen LogP contribution < -0.4 is 5.32 Å². The first kappa shape index (κ1) is 7.54. The molecule has 2 N–H and O–H groups in total. The molecule has 1 unspecified atom stereocenters. The van der Waals surface area contributed by atoms with Gasteiger partial charge < -0.3 is 10.4 Å². The van der Waals surface area contributed by atoms with E-state index in [0.717, 1.165) is 6.42 Å². The molecule has 1 saturated heterocycles. The molecule has 1 rings (SSSR count). The lowest BCUT2D eigenvalue weighted by molar-refractivity contribution is -0.119. The van der Waals surface area contributed by atoms with Crippen LogP contribution in [0.2, 0.25) is 0 Å². The molecule has 1 aliphatic rings. The predicted octanol–water partition coefficient (Wildman–Crippen LogP) is -0.107. The summed E-state index contributed by atoms with van der Waals surface area (Å²) in [6.07, 6.45) is 0.924. The molecule has 1 amide bonds. The molecule has 0 aromatic heterocycles. The van der Waals surface area contributed by atoms with Crippen LogP contribution in [-0.2, 0) is 4.79 Å². The normalized spacial score (nSPS) is 28.2. The molecular formula is C7H13NO2. The van der Waals surface area contributed by atoms with Crippen molar-refractivity contribution < 1.29 is 9.90 Å². The van der Waals surface area contributed by atoms with Gasteiger partial charge in [-0.25, -0.2) is 0 Å². The Morgan fingerprint density at radius 2 is 2.60 bits per heavy atom. The van der Waals surface area contributed by atoms with Crippen LogP contribution in [0.1, 0.15) is 19.8 Å². The van der Waals surface area contributed by atoms with Gasteiger partial charge in [0.2, 0.25) is 5.91 Å². The number of amides is 1. The molecular weight excluding hydrogens is 130 g/mol. The standard InChI is InChI=1S/C7H13NO2/c1-2-6(9)5-3-7(10)8-4-5/h5-6,9H,2-4H2,1H3,(H,8,10)/t5-,6?/m1/s1. The highest BCUT2D eigenvalue weighted by molar-refractivity contribution is 5.78. The zero-order valence-electron chi connectivity index (χ0n) is 6.13. The minimum atomic E-state index is -0.307. The first-order valence-electron chi connectivity index (χ1n) is 3.68. The Morgan fingerprint density at radius 1 is 1.90 bits per heavy atom. The largest absolute Gasteiger partial charge is 0.393 e. The maximum Gasteiger partial charge on any atom is 0.220 e. The van der Waals surface area contributed by atoms with Crippen LogP contribution in [0.25, 0.3) is 0 Å². The smallest absolute Gasteiger partial charge is 0.220 e. The summed E-state index contributed by atoms with van der Waals surface area (Å²) in [5, 5.41) is 12.0. The molecule has 1 fully saturated rings. The maximum atomic E-state index is 10.7. The first-order valence-corrected chi connectivity index (χ1v) is 3.68. The van der Waals surface area contributed by atoms with Gasteiger partial charge in [0.1, 0.15) is 0 Å². The summed E-state index contributed by atoms with van der Waals surface area (Å²) in [5.74, 6) is 0.218. The highest BCUT2D eigenvalue weighted by atomic mass is 16.3. The van der Waals surface area contributed by atoms with Crippen molar-refractivity contribution in [1.29, 1.82) is 0 Å². The van der Waals surface area contributed by atoms with Gasteiger partial charge in [0.05, 0.1) is 6.10 Å². The molecule has 1 heterocycles. The zero-order chi connectivity index (χ0) is 7.56. The van der Waals surface area contributed by atoms with E-state index in [1.807, 2.05) is 6.92 Å². The quantitative estimate of drug-likeness (QED) is 0.566. The van der Waals surface area contributed by atoms with E-state index >= 15 is 0 Å². The molecule has 0 saturated carbocycles. The number of carbonyl (C=O) groups is 1. The lowest BCUT2D eigenvalue weighted by Crippen LogP contribution is -2.21. The monoisotopic (exact) mass is 143 g/mol. The van der Waals surface area contributed by atoms with Crippen molar-refractivity contribution in [2.45, 2.75) is 25.9 Å². The van der Waals surface area contributed by atoms with Gasteiger partial charge in [-0.1, -0.05) is 6.92 Å². The second-order valence-corrected chi connectivity index (χ2v) is 2.74. The van der Waals surface area contributed by atoms with Crippen LogP contribution in [0.3, 0.4) is 0 Å². The Hall–Kier alpha value is -0.570. The predicted molar refractivity (Wildman–Crippen MR) is 37.4 cm³/mol. The summed E-state index contributed by atoms with van der Waals surface area (Å²) >= 11 is 0. The van der Waals surface area contributed by atoms with Crippen LogP contribution in [0, 0.1) is 5.92 Å². The highest BCUT2D eigenvalue weighted by Crippen LogP contribution is 2.15. The fourth-order valence-corrected chi connectivity index (χ4v) is 1.23. The number of nitrogens with one attached hydrogen (secondary N) is 1. The van der Waals surface area contributed by atoms with Crippen molar-refractivity contribution in [1.82, 2.24) is 5.32 Å². The minimum Gasteiger partial charge on any atom is -0.393 e. The van der Waals surface area contributed by atoms with E-state index in [1.165, 1.54) is 0 Å². The molecule has 58 valence electrons. The van der Waals surface area contributed by atoms with Crippen LogP contribution >= 0.6 is 0 Å². The highest BCUT2D eigenvalue weighted by Gasteiger charge is 2.26. The SMILES string of the molecule is CCC(O)[C@H]1CNC(=O)C1. The van der Waals surface area contributed by atoms with Gasteiger partial charge in [-0.3, -0.25) is 4.79 Å². The molecule has 2 atom stereocenters. The van der Waals surface area contributed by atoms with E-state index in [1.54, 1.807) is 0 Å². The van der Waals surface area contributed by atoms with Crippen molar-refractivity contribution in [3.63, 3.8) is 0 Å². The molecule has 0 aliphatic carbocycles. The van der Waals surface area contributed by atoms with Crippen molar-refractivity contribution in [3.8, 4) is 0 Å². The summed E-state index contributed by atoms with van der Waals surface area (Å²) in [7, 11) is 0. The van der Waals surface area contributed by atoms with E-state index in [-0.39, 0.29) is 17.9 Å². The van der Waals surface area contributed by atoms with E-state index in [9.17, 15) is 9.90 Å². The van der Waals surface area contributed by atoms with Crippen LogP contribution in [-0.4, -0.2) is 23.7 Å². The Labute approximate surface area is 60.4 Å². The number of aliphatic hydroxyl groups is 1. The fourth-order valence-electron chi connectivity index (χ4n) is 1.23. The molecule has 3 nitrogen and oxygen atoms in total. The molecule has 0 aromatic carbocycles. The lowest BCUT2D eigenvalue weighted by atomic mass is 10.00. The number of rotatable bonds is 2. The summed E-state index contributed by atoms with van der Waals surface area (Å²) < 4.78 is 0. The van der Waals surface area contributed by atoms with Crippen molar-refractivity contribution in [3.05, 3.63) is 0 Å². The molecule has 3 heteroatoms. The zero-order valence-corrected chi connectivity index (χ0v) is 6.13. The van der Waals surface area contributed by atoms with Gasteiger partial charge in [-0.05, 0) is 6.42 Å². The number of hydrogen-bond acceptors (Lipinski definition) is 2. The second kappa shape index (κ2) is 3.01. The number of aliphatic hydroxyl groups excluding tert-OH is 1. The van der Waals surface area contributed by atoms with Crippen molar-refractivity contribution in [2.75, 3.05) is 6.54 Å². The number of hydrogen-bond donors (Lipinski definition) is 2. The average Bonchev–Trinajstić information content (AvgIpc) is 2.34. The van der Waals surface area contributed by atoms with E-state index in [0.29, 0.717) is 13.0 Å². The van der Waals surface area contributed by atoms with E-state index in [2.05, 4.69) is 5.32 Å². The van der Waals surface area contributed by atoms with Gasteiger partial charge >= 0.3 is 0 Å². The van der Waals surface area contributed by atoms with Gasteiger partial charge in [0.25, 0.3) is 0 Å². The van der Waals surface area contributed by atoms with E-state index < -0.39 is 0 Å². The van der Waals surface area contributed by atoms with Crippen LogP contribution in [0.4, 0.5) is 0 Å². The van der Waals surface area contributed by atoms with Gasteiger partial charge in [0.15, 0.2) is 0 Å². The minimum absolute atomic E-state index is 0.0671. The third-order valence-electron chi connectivity index (χ3n) is 1.97. The van der Waals surface area contributed by atoms with Gasteiger partial charge in [-0.15, -0.1) is 0 Å². The van der Waals surface area contributed by atoms with E-state index in [4.69, 9.17) is 0 Å². The Balaban J connectivity index is 2.36. The lowest BCUT2D eigenvalue weighted by Gasteiger charge is -2.12. The number of carbonyl (C=O) groups excluding carboxylic acids is 1. The molecule has 0 aromatic rings. The average molecular weight is 143 g/mol. The summed E-state index contributed by atoms with van der Waals surface area (Å²) in [6.45, 7) is 2.57. The van der Waals surface area contributed by atoms with Crippen LogP contribution in [0.5, 0.6) is 0 Å². The molecule has 10 heavy (non-hydrogen) atoms. The summed E-state index contributed by atoms with van der Waals surface area (Å²) in [4.78, 5) is 10.7. The molecule has 1 aliphatic heterocycles. The first-order chi connectivity index (χ1) is 4.74. The molecule has 0 radical (unpaired) electrons. The second-order valence-electron chi connectivity index (χ2n) is 2.74. The Bertz CT molecular complexity index is 136. The summed E-state index contributed by atoms with van der Waals surface area (Å²) in [5.41, 5.74) is 0. The fraction of sp³-hybridized carbons (Fsp3) is 0.857. The summed E-state index contributed by atoms with van der Waals surface area (Å²) in [6, 6.07) is 0. The van der Waals surface area contributed by atoms with Crippen molar-refractivity contribution >= 4 is 5.91 Å². The Kier molecular flexibility index (Phi) is 2.27. The van der Waals surface area contributed by atoms with Gasteiger partial charge in [-0.2, -0.15) is 0 Å². The van der Waals surface area contributed by atoms with Crippen LogP contribution in [0.15, 0.2) is 0 Å². The third kappa shape index (κ3) is 1.48. The van der Waals surface area contributed by atoms with Crippen molar-refractivity contribution in [2.24, 2.45) is 5.92 Å². The topological polar surface area (TPSA) is 49.3 Å². The molecule has 0 spiro atoms.